The average Bonchev–Trinajstić information content (AvgIpc) is 2.61. The van der Waals surface area contributed by atoms with E-state index in [4.69, 9.17) is 4.74 Å². The number of pyridine rings is 2. The number of benzene rings is 1. The molecule has 0 fully saturated rings. The van der Waals surface area contributed by atoms with E-state index in [2.05, 4.69) is 0 Å². The number of aromatic nitrogens is 2. The minimum atomic E-state index is -3.53. The second kappa shape index (κ2) is 7.63. The summed E-state index contributed by atoms with van der Waals surface area (Å²) in [5.74, 6) is -2.74. The molecule has 0 amide bonds. The van der Waals surface area contributed by atoms with E-state index in [9.17, 15) is 26.8 Å². The molecular formula is C19H16F2N2O5S. The lowest BCUT2D eigenvalue weighted by Crippen LogP contribution is -2.23. The van der Waals surface area contributed by atoms with E-state index >= 15 is 0 Å². The van der Waals surface area contributed by atoms with Crippen molar-refractivity contribution in [3.8, 4) is 22.6 Å². The Labute approximate surface area is 164 Å². The predicted octanol–water partition coefficient (Wildman–Crippen LogP) is 2.29. The van der Waals surface area contributed by atoms with Gasteiger partial charge in [-0.2, -0.15) is 0 Å². The van der Waals surface area contributed by atoms with E-state index in [1.807, 2.05) is 0 Å². The first-order valence-corrected chi connectivity index (χ1v) is 10.3. The van der Waals surface area contributed by atoms with Gasteiger partial charge in [-0.3, -0.25) is 14.2 Å². The molecule has 0 saturated carbocycles. The van der Waals surface area contributed by atoms with Crippen LogP contribution in [0.4, 0.5) is 8.78 Å². The van der Waals surface area contributed by atoms with Crippen molar-refractivity contribution in [3.63, 3.8) is 0 Å². The van der Waals surface area contributed by atoms with Crippen LogP contribution in [0.1, 0.15) is 0 Å². The molecular weight excluding hydrogens is 406 g/mol. The molecule has 3 aromatic rings. The minimum absolute atomic E-state index is 0.0797. The van der Waals surface area contributed by atoms with Crippen LogP contribution in [0.25, 0.3) is 11.1 Å². The van der Waals surface area contributed by atoms with Gasteiger partial charge in [0.2, 0.25) is 5.56 Å². The summed E-state index contributed by atoms with van der Waals surface area (Å²) in [6.45, 7) is 0. The number of aryl methyl sites for hydroxylation is 1. The molecule has 0 aliphatic carbocycles. The van der Waals surface area contributed by atoms with Crippen molar-refractivity contribution in [2.24, 2.45) is 7.05 Å². The summed E-state index contributed by atoms with van der Waals surface area (Å²) in [6, 6.07) is 6.44. The fourth-order valence-corrected chi connectivity index (χ4v) is 3.35. The first-order chi connectivity index (χ1) is 13.5. The fourth-order valence-electron chi connectivity index (χ4n) is 2.64. The third-order valence-electron chi connectivity index (χ3n) is 3.97. The summed E-state index contributed by atoms with van der Waals surface area (Å²) >= 11 is 0. The van der Waals surface area contributed by atoms with Crippen LogP contribution in [0.5, 0.6) is 11.5 Å². The number of halogens is 2. The zero-order valence-electron chi connectivity index (χ0n) is 15.4. The van der Waals surface area contributed by atoms with Crippen molar-refractivity contribution in [1.82, 2.24) is 9.13 Å². The van der Waals surface area contributed by atoms with Crippen molar-refractivity contribution in [3.05, 3.63) is 81.1 Å². The van der Waals surface area contributed by atoms with E-state index in [1.165, 1.54) is 36.1 Å². The lowest BCUT2D eigenvalue weighted by molar-refractivity contribution is 0.437. The van der Waals surface area contributed by atoms with Gasteiger partial charge in [0.25, 0.3) is 5.56 Å². The molecule has 0 aliphatic heterocycles. The maximum absolute atomic E-state index is 14.0. The highest BCUT2D eigenvalue weighted by molar-refractivity contribution is 7.89. The number of hydrogen-bond acceptors (Lipinski definition) is 5. The molecule has 2 aromatic heterocycles. The molecule has 3 rings (SSSR count). The zero-order chi connectivity index (χ0) is 21.3. The Balaban J connectivity index is 2.20. The van der Waals surface area contributed by atoms with E-state index in [-0.39, 0.29) is 22.6 Å². The molecule has 7 nitrogen and oxygen atoms in total. The molecule has 0 aliphatic rings. The summed E-state index contributed by atoms with van der Waals surface area (Å²) in [4.78, 5) is 24.0. The molecule has 10 heteroatoms. The molecule has 2 heterocycles. The van der Waals surface area contributed by atoms with Gasteiger partial charge in [0, 0.05) is 55.0 Å². The molecule has 0 bridgehead atoms. The standard InChI is InChI=1S/C19H16F2N2O5S/c1-22-9-12(3-6-18(22)24)14-10-23(11-29(2,26)27)19(25)8-17(14)28-16-5-4-13(20)7-15(16)21/h3-10H,11H2,1-2H3. The van der Waals surface area contributed by atoms with Crippen LogP contribution in [-0.4, -0.2) is 23.8 Å². The number of ether oxygens (including phenoxy) is 1. The molecule has 0 radical (unpaired) electrons. The Morgan fingerprint density at radius 3 is 2.31 bits per heavy atom. The summed E-state index contributed by atoms with van der Waals surface area (Å²) in [5, 5.41) is 0. The smallest absolute Gasteiger partial charge is 0.255 e. The Morgan fingerprint density at radius 2 is 1.69 bits per heavy atom. The Bertz CT molecular complexity index is 1310. The SMILES string of the molecule is Cn1cc(-c2cn(CS(C)(=O)=O)c(=O)cc2Oc2ccc(F)cc2F)ccc1=O. The van der Waals surface area contributed by atoms with Crippen LogP contribution in [0, 0.1) is 11.6 Å². The second-order valence-corrected chi connectivity index (χ2v) is 8.57. The summed E-state index contributed by atoms with van der Waals surface area (Å²) in [5.41, 5.74) is -0.314. The second-order valence-electron chi connectivity index (χ2n) is 6.46. The highest BCUT2D eigenvalue weighted by atomic mass is 32.2. The van der Waals surface area contributed by atoms with Crippen molar-refractivity contribution in [2.45, 2.75) is 5.88 Å². The topological polar surface area (TPSA) is 87.4 Å². The molecule has 29 heavy (non-hydrogen) atoms. The molecule has 0 spiro atoms. The fraction of sp³-hybridized carbons (Fsp3) is 0.158. The largest absolute Gasteiger partial charge is 0.453 e. The van der Waals surface area contributed by atoms with Crippen LogP contribution in [0.3, 0.4) is 0 Å². The molecule has 0 N–H and O–H groups in total. The van der Waals surface area contributed by atoms with E-state index < -0.39 is 32.9 Å². The average molecular weight is 422 g/mol. The van der Waals surface area contributed by atoms with Gasteiger partial charge in [-0.1, -0.05) is 0 Å². The van der Waals surface area contributed by atoms with Gasteiger partial charge in [-0.15, -0.1) is 0 Å². The first kappa shape index (κ1) is 20.5. The van der Waals surface area contributed by atoms with Gasteiger partial charge < -0.3 is 9.30 Å². The number of hydrogen-bond donors (Lipinski definition) is 0. The Kier molecular flexibility index (Phi) is 5.38. The highest BCUT2D eigenvalue weighted by Crippen LogP contribution is 2.33. The number of nitrogens with zero attached hydrogens (tertiary/aromatic N) is 2. The molecule has 0 saturated heterocycles. The van der Waals surface area contributed by atoms with E-state index in [0.717, 1.165) is 29.0 Å². The number of sulfone groups is 1. The monoisotopic (exact) mass is 422 g/mol. The lowest BCUT2D eigenvalue weighted by Gasteiger charge is -2.15. The van der Waals surface area contributed by atoms with Crippen LogP contribution in [0.15, 0.2) is 58.4 Å². The van der Waals surface area contributed by atoms with Gasteiger partial charge >= 0.3 is 0 Å². The molecule has 1 aromatic carbocycles. The molecule has 0 unspecified atom stereocenters. The third kappa shape index (κ3) is 4.77. The Morgan fingerprint density at radius 1 is 0.966 bits per heavy atom. The summed E-state index contributed by atoms with van der Waals surface area (Å²) in [6.07, 6.45) is 3.68. The zero-order valence-corrected chi connectivity index (χ0v) is 16.2. The van der Waals surface area contributed by atoms with Crippen molar-refractivity contribution in [1.29, 1.82) is 0 Å². The highest BCUT2D eigenvalue weighted by Gasteiger charge is 2.16. The van der Waals surface area contributed by atoms with Gasteiger partial charge in [-0.25, -0.2) is 17.2 Å². The quantitative estimate of drug-likeness (QED) is 0.630. The van der Waals surface area contributed by atoms with Gasteiger partial charge in [-0.05, 0) is 18.2 Å². The third-order valence-corrected chi connectivity index (χ3v) is 4.72. The van der Waals surface area contributed by atoms with Gasteiger partial charge in [0.1, 0.15) is 17.4 Å². The maximum Gasteiger partial charge on any atom is 0.255 e. The molecule has 152 valence electrons. The van der Waals surface area contributed by atoms with E-state index in [0.29, 0.717) is 11.6 Å². The predicted molar refractivity (Wildman–Crippen MR) is 103 cm³/mol. The van der Waals surface area contributed by atoms with Crippen molar-refractivity contribution in [2.75, 3.05) is 6.26 Å². The van der Waals surface area contributed by atoms with Crippen LogP contribution >= 0.6 is 0 Å². The number of rotatable bonds is 5. The van der Waals surface area contributed by atoms with Gasteiger partial charge in [0.05, 0.1) is 0 Å². The minimum Gasteiger partial charge on any atom is -0.453 e. The van der Waals surface area contributed by atoms with Crippen LogP contribution in [-0.2, 0) is 22.8 Å². The normalized spacial score (nSPS) is 11.4. The molecule has 0 atom stereocenters. The van der Waals surface area contributed by atoms with Crippen LogP contribution < -0.4 is 15.9 Å². The van der Waals surface area contributed by atoms with Crippen molar-refractivity contribution >= 4 is 9.84 Å². The van der Waals surface area contributed by atoms with E-state index in [1.54, 1.807) is 0 Å². The van der Waals surface area contributed by atoms with Gasteiger partial charge in [0.15, 0.2) is 21.4 Å². The van der Waals surface area contributed by atoms with Crippen LogP contribution in [0.2, 0.25) is 0 Å². The Hall–Kier alpha value is -3.27. The van der Waals surface area contributed by atoms with Crippen molar-refractivity contribution < 1.29 is 21.9 Å². The summed E-state index contributed by atoms with van der Waals surface area (Å²) < 4.78 is 58.2. The first-order valence-electron chi connectivity index (χ1n) is 8.26. The maximum atomic E-state index is 14.0. The lowest BCUT2D eigenvalue weighted by atomic mass is 10.1. The summed E-state index contributed by atoms with van der Waals surface area (Å²) in [7, 11) is -2.02.